The molecule has 2 rings (SSSR count). The molecule has 5 nitrogen and oxygen atoms in total. The fraction of sp³-hybridized carbons (Fsp3) is 0.500. The summed E-state index contributed by atoms with van der Waals surface area (Å²) < 4.78 is 1.81. The number of amides is 1. The van der Waals surface area contributed by atoms with Crippen molar-refractivity contribution in [1.82, 2.24) is 20.1 Å². The standard InChI is InChI=1S/C14H20N4OS/c1-8-7-20-14(15-8)10(3)16-13(19)6-12-9(2)17-18(5)11(12)4/h7,10H,6H2,1-5H3,(H,16,19). The minimum absolute atomic E-state index is 0.00422. The number of hydrogen-bond donors (Lipinski definition) is 1. The molecule has 0 aliphatic carbocycles. The summed E-state index contributed by atoms with van der Waals surface area (Å²) in [7, 11) is 1.89. The van der Waals surface area contributed by atoms with Crippen LogP contribution in [0.2, 0.25) is 0 Å². The normalized spacial score (nSPS) is 12.4. The lowest BCUT2D eigenvalue weighted by atomic mass is 10.1. The fourth-order valence-corrected chi connectivity index (χ4v) is 2.96. The first-order chi connectivity index (χ1) is 9.38. The number of nitrogens with zero attached hydrogens (tertiary/aromatic N) is 3. The highest BCUT2D eigenvalue weighted by Crippen LogP contribution is 2.18. The number of carbonyl (C=O) groups excluding carboxylic acids is 1. The van der Waals surface area contributed by atoms with E-state index in [1.165, 1.54) is 0 Å². The van der Waals surface area contributed by atoms with Crippen LogP contribution in [-0.4, -0.2) is 20.7 Å². The van der Waals surface area contributed by atoms with Gasteiger partial charge in [-0.3, -0.25) is 9.48 Å². The van der Waals surface area contributed by atoms with Crippen molar-refractivity contribution in [3.8, 4) is 0 Å². The zero-order chi connectivity index (χ0) is 14.9. The van der Waals surface area contributed by atoms with Gasteiger partial charge in [-0.25, -0.2) is 4.98 Å². The minimum Gasteiger partial charge on any atom is -0.347 e. The first kappa shape index (κ1) is 14.7. The van der Waals surface area contributed by atoms with E-state index in [0.29, 0.717) is 6.42 Å². The van der Waals surface area contributed by atoms with Gasteiger partial charge in [0.25, 0.3) is 0 Å². The Morgan fingerprint density at radius 3 is 2.65 bits per heavy atom. The highest BCUT2D eigenvalue weighted by molar-refractivity contribution is 7.09. The van der Waals surface area contributed by atoms with Gasteiger partial charge in [0.2, 0.25) is 5.91 Å². The van der Waals surface area contributed by atoms with Crippen LogP contribution in [0, 0.1) is 20.8 Å². The molecule has 1 N–H and O–H groups in total. The summed E-state index contributed by atoms with van der Waals surface area (Å²) in [6, 6.07) is -0.0570. The Balaban J connectivity index is 2.02. The van der Waals surface area contributed by atoms with Crippen molar-refractivity contribution in [1.29, 1.82) is 0 Å². The first-order valence-electron chi connectivity index (χ1n) is 6.59. The molecule has 0 aromatic carbocycles. The second-order valence-electron chi connectivity index (χ2n) is 5.07. The lowest BCUT2D eigenvalue weighted by Gasteiger charge is -2.11. The van der Waals surface area contributed by atoms with E-state index in [1.54, 1.807) is 11.3 Å². The van der Waals surface area contributed by atoms with Gasteiger partial charge in [-0.15, -0.1) is 11.3 Å². The minimum atomic E-state index is -0.0570. The van der Waals surface area contributed by atoms with Crippen molar-refractivity contribution in [2.45, 2.75) is 40.2 Å². The van der Waals surface area contributed by atoms with Crippen molar-refractivity contribution in [3.05, 3.63) is 33.0 Å². The maximum absolute atomic E-state index is 12.1. The van der Waals surface area contributed by atoms with Gasteiger partial charge in [-0.2, -0.15) is 5.10 Å². The molecule has 0 saturated carbocycles. The van der Waals surface area contributed by atoms with E-state index in [-0.39, 0.29) is 11.9 Å². The Hall–Kier alpha value is -1.69. The third kappa shape index (κ3) is 3.07. The molecule has 0 fully saturated rings. The summed E-state index contributed by atoms with van der Waals surface area (Å²) in [4.78, 5) is 16.5. The van der Waals surface area contributed by atoms with Crippen LogP contribution in [0.4, 0.5) is 0 Å². The van der Waals surface area contributed by atoms with Crippen LogP contribution in [0.1, 0.15) is 40.6 Å². The number of aryl methyl sites for hydroxylation is 3. The molecule has 0 saturated heterocycles. The summed E-state index contributed by atoms with van der Waals surface area (Å²) in [5.74, 6) is 0.00422. The number of thiazole rings is 1. The molecule has 0 spiro atoms. The van der Waals surface area contributed by atoms with Crippen molar-refractivity contribution >= 4 is 17.2 Å². The maximum atomic E-state index is 12.1. The molecule has 1 amide bonds. The first-order valence-corrected chi connectivity index (χ1v) is 7.47. The molecule has 0 radical (unpaired) electrons. The third-order valence-corrected chi connectivity index (χ3v) is 4.53. The van der Waals surface area contributed by atoms with Gasteiger partial charge in [-0.1, -0.05) is 0 Å². The lowest BCUT2D eigenvalue weighted by molar-refractivity contribution is -0.121. The van der Waals surface area contributed by atoms with E-state index in [1.807, 2.05) is 44.8 Å². The van der Waals surface area contributed by atoms with Gasteiger partial charge in [-0.05, 0) is 27.7 Å². The summed E-state index contributed by atoms with van der Waals surface area (Å²) in [6.07, 6.45) is 0.361. The topological polar surface area (TPSA) is 59.8 Å². The van der Waals surface area contributed by atoms with Gasteiger partial charge < -0.3 is 5.32 Å². The van der Waals surface area contributed by atoms with Gasteiger partial charge in [0.15, 0.2) is 0 Å². The molecule has 20 heavy (non-hydrogen) atoms. The van der Waals surface area contributed by atoms with E-state index in [0.717, 1.165) is 27.7 Å². The average molecular weight is 292 g/mol. The lowest BCUT2D eigenvalue weighted by Crippen LogP contribution is -2.28. The van der Waals surface area contributed by atoms with Crippen molar-refractivity contribution in [2.75, 3.05) is 0 Å². The molecule has 1 unspecified atom stereocenters. The summed E-state index contributed by atoms with van der Waals surface area (Å²) in [5, 5.41) is 10.3. The monoisotopic (exact) mass is 292 g/mol. The number of nitrogens with one attached hydrogen (secondary N) is 1. The number of rotatable bonds is 4. The molecule has 0 bridgehead atoms. The molecule has 1 atom stereocenters. The third-order valence-electron chi connectivity index (χ3n) is 3.38. The van der Waals surface area contributed by atoms with E-state index in [9.17, 15) is 4.79 Å². The zero-order valence-corrected chi connectivity index (χ0v) is 13.3. The smallest absolute Gasteiger partial charge is 0.225 e. The second-order valence-corrected chi connectivity index (χ2v) is 5.96. The van der Waals surface area contributed by atoms with E-state index in [4.69, 9.17) is 0 Å². The van der Waals surface area contributed by atoms with Crippen LogP contribution in [0.3, 0.4) is 0 Å². The number of hydrogen-bond acceptors (Lipinski definition) is 4. The highest BCUT2D eigenvalue weighted by atomic mass is 32.1. The van der Waals surface area contributed by atoms with E-state index >= 15 is 0 Å². The zero-order valence-electron chi connectivity index (χ0n) is 12.5. The Labute approximate surface area is 123 Å². The maximum Gasteiger partial charge on any atom is 0.225 e. The Morgan fingerprint density at radius 2 is 2.15 bits per heavy atom. The molecular formula is C14H20N4OS. The van der Waals surface area contributed by atoms with Crippen LogP contribution >= 0.6 is 11.3 Å². The molecule has 0 aliphatic rings. The van der Waals surface area contributed by atoms with Crippen LogP contribution in [0.25, 0.3) is 0 Å². The summed E-state index contributed by atoms with van der Waals surface area (Å²) in [6.45, 7) is 7.83. The SMILES string of the molecule is Cc1csc(C(C)NC(=O)Cc2c(C)nn(C)c2C)n1. The van der Waals surface area contributed by atoms with Gasteiger partial charge in [0.1, 0.15) is 5.01 Å². The predicted octanol–water partition coefficient (Wildman–Crippen LogP) is 2.22. The second kappa shape index (κ2) is 5.75. The van der Waals surface area contributed by atoms with Crippen LogP contribution < -0.4 is 5.32 Å². The van der Waals surface area contributed by atoms with Crippen molar-refractivity contribution in [3.63, 3.8) is 0 Å². The largest absolute Gasteiger partial charge is 0.347 e. The highest BCUT2D eigenvalue weighted by Gasteiger charge is 2.16. The molecule has 2 heterocycles. The molecule has 0 aliphatic heterocycles. The average Bonchev–Trinajstić information content (AvgIpc) is 2.89. The molecule has 2 aromatic rings. The number of aromatic nitrogens is 3. The Morgan fingerprint density at radius 1 is 1.45 bits per heavy atom. The van der Waals surface area contributed by atoms with E-state index in [2.05, 4.69) is 15.4 Å². The number of carbonyl (C=O) groups is 1. The van der Waals surface area contributed by atoms with E-state index < -0.39 is 0 Å². The summed E-state index contributed by atoms with van der Waals surface area (Å²) in [5.41, 5.74) is 3.95. The summed E-state index contributed by atoms with van der Waals surface area (Å²) >= 11 is 1.57. The van der Waals surface area contributed by atoms with Crippen molar-refractivity contribution in [2.24, 2.45) is 7.05 Å². The van der Waals surface area contributed by atoms with Gasteiger partial charge in [0.05, 0.1) is 18.2 Å². The van der Waals surface area contributed by atoms with Crippen LogP contribution in [0.15, 0.2) is 5.38 Å². The predicted molar refractivity (Wildman–Crippen MR) is 79.8 cm³/mol. The molecule has 2 aromatic heterocycles. The van der Waals surface area contributed by atoms with Crippen LogP contribution in [-0.2, 0) is 18.3 Å². The Kier molecular flexibility index (Phi) is 4.23. The van der Waals surface area contributed by atoms with Gasteiger partial charge >= 0.3 is 0 Å². The molecule has 6 heteroatoms. The quantitative estimate of drug-likeness (QED) is 0.940. The Bertz CT molecular complexity index is 629. The molecular weight excluding hydrogens is 272 g/mol. The fourth-order valence-electron chi connectivity index (χ4n) is 2.16. The van der Waals surface area contributed by atoms with Crippen LogP contribution in [0.5, 0.6) is 0 Å². The van der Waals surface area contributed by atoms with Crippen molar-refractivity contribution < 1.29 is 4.79 Å². The molecule has 108 valence electrons. The van der Waals surface area contributed by atoms with Gasteiger partial charge in [0, 0.05) is 29.4 Å².